The first-order valence-corrected chi connectivity index (χ1v) is 8.65. The summed E-state index contributed by atoms with van der Waals surface area (Å²) < 4.78 is 10.6. The van der Waals surface area contributed by atoms with Gasteiger partial charge in [-0.1, -0.05) is 30.3 Å². The first kappa shape index (κ1) is 19.0. The van der Waals surface area contributed by atoms with Gasteiger partial charge in [0, 0.05) is 11.4 Å². The summed E-state index contributed by atoms with van der Waals surface area (Å²) in [5.74, 6) is 0.363. The highest BCUT2D eigenvalue weighted by atomic mass is 16.5. The van der Waals surface area contributed by atoms with Crippen LogP contribution < -0.4 is 15.4 Å². The highest BCUT2D eigenvalue weighted by Crippen LogP contribution is 2.28. The number of hydrogen-bond donors (Lipinski definition) is 2. The first-order chi connectivity index (χ1) is 13.5. The van der Waals surface area contributed by atoms with Crippen molar-refractivity contribution in [3.63, 3.8) is 0 Å². The van der Waals surface area contributed by atoms with Crippen LogP contribution in [0.25, 0.3) is 0 Å². The fourth-order valence-electron chi connectivity index (χ4n) is 2.60. The van der Waals surface area contributed by atoms with Crippen molar-refractivity contribution in [1.82, 2.24) is 0 Å². The molecule has 28 heavy (non-hydrogen) atoms. The lowest BCUT2D eigenvalue weighted by atomic mass is 10.1. The number of para-hydroxylation sites is 1. The molecule has 0 radical (unpaired) electrons. The van der Waals surface area contributed by atoms with Gasteiger partial charge in [0.05, 0.1) is 7.11 Å². The standard InChI is InChI=1S/C22H20N2O4/c1-15-7-6-8-16(13-15)23-22(26)24-17-11-12-20(19(14-17)21(25)27-2)28-18-9-4-3-5-10-18/h3-14H,1-2H3,(H2,23,24,26). The van der Waals surface area contributed by atoms with Crippen LogP contribution in [0.3, 0.4) is 0 Å². The summed E-state index contributed by atoms with van der Waals surface area (Å²) in [7, 11) is 1.29. The predicted octanol–water partition coefficient (Wildman–Crippen LogP) is 5.22. The molecule has 0 bridgehead atoms. The Morgan fingerprint density at radius 1 is 0.821 bits per heavy atom. The van der Waals surface area contributed by atoms with Crippen LogP contribution in [0.5, 0.6) is 11.5 Å². The van der Waals surface area contributed by atoms with E-state index >= 15 is 0 Å². The van der Waals surface area contributed by atoms with Crippen LogP contribution in [-0.4, -0.2) is 19.1 Å². The van der Waals surface area contributed by atoms with Crippen LogP contribution in [-0.2, 0) is 4.74 Å². The zero-order valence-electron chi connectivity index (χ0n) is 15.6. The van der Waals surface area contributed by atoms with Gasteiger partial charge in [0.2, 0.25) is 0 Å². The fourth-order valence-corrected chi connectivity index (χ4v) is 2.60. The molecule has 0 atom stereocenters. The van der Waals surface area contributed by atoms with Gasteiger partial charge in [-0.3, -0.25) is 0 Å². The van der Waals surface area contributed by atoms with E-state index in [0.717, 1.165) is 5.56 Å². The third-order valence-corrected chi connectivity index (χ3v) is 3.89. The number of ether oxygens (including phenoxy) is 2. The van der Waals surface area contributed by atoms with Crippen molar-refractivity contribution in [2.45, 2.75) is 6.92 Å². The average molecular weight is 376 g/mol. The van der Waals surface area contributed by atoms with Gasteiger partial charge in [-0.15, -0.1) is 0 Å². The Balaban J connectivity index is 1.78. The lowest BCUT2D eigenvalue weighted by molar-refractivity contribution is 0.0598. The number of carbonyl (C=O) groups is 2. The van der Waals surface area contributed by atoms with Gasteiger partial charge in [0.25, 0.3) is 0 Å². The summed E-state index contributed by atoms with van der Waals surface area (Å²) in [6, 6.07) is 20.9. The molecule has 142 valence electrons. The molecule has 0 unspecified atom stereocenters. The molecule has 6 heteroatoms. The Hall–Kier alpha value is -3.80. The minimum Gasteiger partial charge on any atom is -0.465 e. The molecule has 0 fully saturated rings. The Morgan fingerprint density at radius 2 is 1.54 bits per heavy atom. The number of anilines is 2. The number of benzene rings is 3. The molecule has 0 aromatic heterocycles. The molecule has 6 nitrogen and oxygen atoms in total. The number of aryl methyl sites for hydroxylation is 1. The maximum atomic E-state index is 12.3. The van der Waals surface area contributed by atoms with Gasteiger partial charge < -0.3 is 20.1 Å². The third-order valence-electron chi connectivity index (χ3n) is 3.89. The molecule has 0 saturated carbocycles. The maximum absolute atomic E-state index is 12.3. The zero-order valence-corrected chi connectivity index (χ0v) is 15.6. The number of amides is 2. The summed E-state index contributed by atoms with van der Waals surface area (Å²) >= 11 is 0. The van der Waals surface area contributed by atoms with E-state index in [1.54, 1.807) is 30.3 Å². The van der Waals surface area contributed by atoms with Gasteiger partial charge in [-0.25, -0.2) is 9.59 Å². The van der Waals surface area contributed by atoms with Crippen LogP contribution >= 0.6 is 0 Å². The van der Waals surface area contributed by atoms with Crippen molar-refractivity contribution in [1.29, 1.82) is 0 Å². The average Bonchev–Trinajstić information content (AvgIpc) is 2.69. The lowest BCUT2D eigenvalue weighted by Gasteiger charge is -2.13. The van der Waals surface area contributed by atoms with E-state index in [9.17, 15) is 9.59 Å². The van der Waals surface area contributed by atoms with Crippen LogP contribution in [0.1, 0.15) is 15.9 Å². The molecule has 0 spiro atoms. The number of nitrogens with one attached hydrogen (secondary N) is 2. The summed E-state index contributed by atoms with van der Waals surface area (Å²) in [5.41, 5.74) is 2.36. The van der Waals surface area contributed by atoms with Gasteiger partial charge in [0.1, 0.15) is 17.1 Å². The number of carbonyl (C=O) groups excluding carboxylic acids is 2. The van der Waals surface area contributed by atoms with Gasteiger partial charge in [-0.2, -0.15) is 0 Å². The minimum atomic E-state index is -0.561. The van der Waals surface area contributed by atoms with E-state index < -0.39 is 12.0 Å². The lowest BCUT2D eigenvalue weighted by Crippen LogP contribution is -2.19. The number of rotatable bonds is 5. The molecule has 2 amide bonds. The Bertz CT molecular complexity index is 987. The van der Waals surface area contributed by atoms with Gasteiger partial charge >= 0.3 is 12.0 Å². The van der Waals surface area contributed by atoms with Gasteiger partial charge in [0.15, 0.2) is 0 Å². The normalized spacial score (nSPS) is 10.1. The van der Waals surface area contributed by atoms with E-state index in [4.69, 9.17) is 9.47 Å². The Kier molecular flexibility index (Phi) is 5.91. The van der Waals surface area contributed by atoms with Crippen molar-refractivity contribution in [2.75, 3.05) is 17.7 Å². The molecular weight excluding hydrogens is 356 g/mol. The van der Waals surface area contributed by atoms with Crippen LogP contribution in [0, 0.1) is 6.92 Å². The van der Waals surface area contributed by atoms with Crippen molar-refractivity contribution in [3.8, 4) is 11.5 Å². The number of hydrogen-bond acceptors (Lipinski definition) is 4. The van der Waals surface area contributed by atoms with E-state index in [-0.39, 0.29) is 5.56 Å². The Morgan fingerprint density at radius 3 is 2.21 bits per heavy atom. The van der Waals surface area contributed by atoms with Crippen molar-refractivity contribution in [3.05, 3.63) is 83.9 Å². The van der Waals surface area contributed by atoms with Gasteiger partial charge in [-0.05, 0) is 55.0 Å². The van der Waals surface area contributed by atoms with E-state index in [1.165, 1.54) is 13.2 Å². The second-order valence-electron chi connectivity index (χ2n) is 6.07. The SMILES string of the molecule is COC(=O)c1cc(NC(=O)Nc2cccc(C)c2)ccc1Oc1ccccc1. The second kappa shape index (κ2) is 8.73. The molecule has 0 saturated heterocycles. The Labute approximate surface area is 163 Å². The molecule has 3 rings (SSSR count). The molecular formula is C22H20N2O4. The van der Waals surface area contributed by atoms with E-state index in [1.807, 2.05) is 43.3 Å². The zero-order chi connectivity index (χ0) is 19.9. The molecule has 0 aliphatic carbocycles. The van der Waals surface area contributed by atoms with E-state index in [0.29, 0.717) is 22.9 Å². The second-order valence-corrected chi connectivity index (χ2v) is 6.07. The largest absolute Gasteiger partial charge is 0.465 e. The number of urea groups is 1. The summed E-state index contributed by atoms with van der Waals surface area (Å²) in [5, 5.41) is 5.46. The maximum Gasteiger partial charge on any atom is 0.341 e. The molecule has 3 aromatic rings. The summed E-state index contributed by atoms with van der Waals surface area (Å²) in [6.07, 6.45) is 0. The summed E-state index contributed by atoms with van der Waals surface area (Å²) in [4.78, 5) is 24.4. The molecule has 0 aliphatic rings. The van der Waals surface area contributed by atoms with Crippen molar-refractivity contribution in [2.24, 2.45) is 0 Å². The topological polar surface area (TPSA) is 76.7 Å². The predicted molar refractivity (Wildman–Crippen MR) is 108 cm³/mol. The number of methoxy groups -OCH3 is 1. The number of esters is 1. The quantitative estimate of drug-likeness (QED) is 0.599. The molecule has 0 heterocycles. The van der Waals surface area contributed by atoms with Crippen LogP contribution in [0.4, 0.5) is 16.2 Å². The van der Waals surface area contributed by atoms with Crippen LogP contribution in [0.2, 0.25) is 0 Å². The highest BCUT2D eigenvalue weighted by Gasteiger charge is 2.16. The molecule has 0 aliphatic heterocycles. The summed E-state index contributed by atoms with van der Waals surface area (Å²) in [6.45, 7) is 1.94. The van der Waals surface area contributed by atoms with E-state index in [2.05, 4.69) is 10.6 Å². The van der Waals surface area contributed by atoms with Crippen molar-refractivity contribution < 1.29 is 19.1 Å². The molecule has 3 aromatic carbocycles. The fraction of sp³-hybridized carbons (Fsp3) is 0.0909. The highest BCUT2D eigenvalue weighted by molar-refractivity contribution is 6.01. The third kappa shape index (κ3) is 4.88. The van der Waals surface area contributed by atoms with Crippen LogP contribution in [0.15, 0.2) is 72.8 Å². The van der Waals surface area contributed by atoms with Crippen molar-refractivity contribution >= 4 is 23.4 Å². The first-order valence-electron chi connectivity index (χ1n) is 8.65. The smallest absolute Gasteiger partial charge is 0.341 e. The molecule has 2 N–H and O–H groups in total. The monoisotopic (exact) mass is 376 g/mol. The minimum absolute atomic E-state index is 0.208.